The number of sulfone groups is 1. The molecule has 2 aliphatic heterocycles. The Labute approximate surface area is 159 Å². The van der Waals surface area contributed by atoms with E-state index in [1.54, 1.807) is 24.0 Å². The molecule has 0 radical (unpaired) electrons. The number of carbonyl (C=O) groups is 1. The van der Waals surface area contributed by atoms with Crippen LogP contribution < -0.4 is 4.90 Å². The Morgan fingerprint density at radius 1 is 1.48 bits per heavy atom. The maximum atomic E-state index is 14.5. The summed E-state index contributed by atoms with van der Waals surface area (Å²) in [5.74, 6) is -1.02. The Hall–Kier alpha value is -0.930. The van der Waals surface area contributed by atoms with Crippen LogP contribution in [0.4, 0.5) is 10.1 Å². The summed E-state index contributed by atoms with van der Waals surface area (Å²) < 4.78 is 39.1. The van der Waals surface area contributed by atoms with Crippen molar-refractivity contribution in [2.45, 2.75) is 31.6 Å². The molecule has 0 saturated carbocycles. The van der Waals surface area contributed by atoms with E-state index in [-0.39, 0.29) is 34.3 Å². The Morgan fingerprint density at radius 3 is 2.84 bits per heavy atom. The minimum Gasteiger partial charge on any atom is -0.313 e. The molecule has 1 aromatic rings. The first-order valence-electron chi connectivity index (χ1n) is 7.95. The molecule has 0 N–H and O–H groups in total. The molecule has 5 nitrogen and oxygen atoms in total. The first-order chi connectivity index (χ1) is 11.7. The fraction of sp³-hybridized carbons (Fsp3) is 0.500. The van der Waals surface area contributed by atoms with Gasteiger partial charge >= 0.3 is 0 Å². The number of hydrogen-bond acceptors (Lipinski definition) is 4. The topological polar surface area (TPSA) is 66.8 Å². The summed E-state index contributed by atoms with van der Waals surface area (Å²) in [6.07, 6.45) is 0.661. The summed E-state index contributed by atoms with van der Waals surface area (Å²) in [4.78, 5) is 18.0. The van der Waals surface area contributed by atoms with Crippen LogP contribution in [0.25, 0.3) is 0 Å². The third kappa shape index (κ3) is 3.78. The van der Waals surface area contributed by atoms with E-state index in [1.807, 2.05) is 6.92 Å². The predicted molar refractivity (Wildman–Crippen MR) is 102 cm³/mol. The Bertz CT molecular complexity index is 844. The van der Waals surface area contributed by atoms with Gasteiger partial charge in [-0.3, -0.25) is 4.79 Å². The number of benzene rings is 1. The van der Waals surface area contributed by atoms with E-state index < -0.39 is 21.7 Å². The van der Waals surface area contributed by atoms with E-state index in [9.17, 15) is 17.6 Å². The Morgan fingerprint density at radius 2 is 2.20 bits per heavy atom. The van der Waals surface area contributed by atoms with Gasteiger partial charge in [0, 0.05) is 15.6 Å². The number of carbonyl (C=O) groups excluding carboxylic acids is 1. The summed E-state index contributed by atoms with van der Waals surface area (Å²) in [6.45, 7) is 3.69. The zero-order valence-corrected chi connectivity index (χ0v) is 17.0. The Balaban J connectivity index is 2.04. The number of rotatable bonds is 3. The van der Waals surface area contributed by atoms with Crippen molar-refractivity contribution in [3.63, 3.8) is 0 Å². The van der Waals surface area contributed by atoms with Crippen molar-refractivity contribution in [3.8, 4) is 0 Å². The highest BCUT2D eigenvalue weighted by Crippen LogP contribution is 2.42. The van der Waals surface area contributed by atoms with Gasteiger partial charge in [0.25, 0.3) is 5.91 Å². The lowest BCUT2D eigenvalue weighted by molar-refractivity contribution is -0.121. The number of amidine groups is 1. The van der Waals surface area contributed by atoms with Gasteiger partial charge in [0.15, 0.2) is 15.0 Å². The van der Waals surface area contributed by atoms with Crippen LogP contribution in [0.2, 0.25) is 0 Å². The molecule has 2 fully saturated rings. The van der Waals surface area contributed by atoms with Crippen molar-refractivity contribution < 1.29 is 17.6 Å². The zero-order chi connectivity index (χ0) is 18.4. The number of halogens is 2. The van der Waals surface area contributed by atoms with Crippen molar-refractivity contribution in [3.05, 3.63) is 28.5 Å². The second kappa shape index (κ2) is 7.00. The molecule has 0 spiro atoms. The molecule has 0 aliphatic carbocycles. The molecule has 0 bridgehead atoms. The number of nitrogens with zero attached hydrogens (tertiary/aromatic N) is 2. The van der Waals surface area contributed by atoms with Crippen LogP contribution in [-0.2, 0) is 14.6 Å². The van der Waals surface area contributed by atoms with Crippen LogP contribution in [0.1, 0.15) is 20.3 Å². The number of fused-ring (bicyclic) bond motifs is 1. The van der Waals surface area contributed by atoms with Crippen LogP contribution in [0.5, 0.6) is 0 Å². The van der Waals surface area contributed by atoms with Gasteiger partial charge in [0.05, 0.1) is 23.2 Å². The number of thioether (sulfide) groups is 1. The molecule has 2 aliphatic rings. The molecule has 25 heavy (non-hydrogen) atoms. The zero-order valence-electron chi connectivity index (χ0n) is 13.8. The van der Waals surface area contributed by atoms with Gasteiger partial charge in [-0.15, -0.1) is 0 Å². The lowest BCUT2D eigenvalue weighted by Gasteiger charge is -2.25. The number of anilines is 1. The third-order valence-corrected chi connectivity index (χ3v) is 8.18. The lowest BCUT2D eigenvalue weighted by Crippen LogP contribution is -2.38. The van der Waals surface area contributed by atoms with Crippen molar-refractivity contribution in [2.75, 3.05) is 16.4 Å². The van der Waals surface area contributed by atoms with Crippen LogP contribution in [0.3, 0.4) is 0 Å². The maximum absolute atomic E-state index is 14.5. The van der Waals surface area contributed by atoms with Crippen LogP contribution in [-0.4, -0.2) is 42.3 Å². The summed E-state index contributed by atoms with van der Waals surface area (Å²) in [6, 6.07) is 4.18. The molecular formula is C16H18BrFN2O3S2. The standard InChI is InChI=1S/C16H18BrFN2O3S2/c1-3-9(2)15(21)19-16-20(12-5-4-10(17)6-11(12)18)13-7-25(22,23)8-14(13)24-16/h4-6,9,13-14H,3,7-8H2,1-2H3. The number of hydrogen-bond donors (Lipinski definition) is 0. The Kier molecular flexibility index (Phi) is 5.28. The summed E-state index contributed by atoms with van der Waals surface area (Å²) in [5.41, 5.74) is 0.246. The molecule has 2 saturated heterocycles. The molecule has 1 aromatic carbocycles. The van der Waals surface area contributed by atoms with Crippen LogP contribution in [0.15, 0.2) is 27.7 Å². The first kappa shape index (κ1) is 18.8. The fourth-order valence-corrected chi connectivity index (χ4v) is 7.15. The molecular weight excluding hydrogens is 431 g/mol. The first-order valence-corrected chi connectivity index (χ1v) is 11.4. The van der Waals surface area contributed by atoms with Crippen molar-refractivity contribution in [2.24, 2.45) is 10.9 Å². The summed E-state index contributed by atoms with van der Waals surface area (Å²) in [5, 5.41) is 0.146. The molecule has 136 valence electrons. The van der Waals surface area contributed by atoms with E-state index in [0.29, 0.717) is 16.1 Å². The van der Waals surface area contributed by atoms with Gasteiger partial charge in [0.1, 0.15) is 5.82 Å². The number of aliphatic imine (C=N–C) groups is 1. The van der Waals surface area contributed by atoms with Crippen molar-refractivity contribution in [1.29, 1.82) is 0 Å². The minimum atomic E-state index is -3.17. The van der Waals surface area contributed by atoms with E-state index in [0.717, 1.165) is 0 Å². The van der Waals surface area contributed by atoms with Gasteiger partial charge in [0.2, 0.25) is 0 Å². The minimum absolute atomic E-state index is 0.0214. The third-order valence-electron chi connectivity index (χ3n) is 4.48. The van der Waals surface area contributed by atoms with E-state index in [4.69, 9.17) is 0 Å². The second-order valence-electron chi connectivity index (χ2n) is 6.31. The molecule has 2 heterocycles. The molecule has 3 atom stereocenters. The van der Waals surface area contributed by atoms with E-state index in [2.05, 4.69) is 20.9 Å². The smallest absolute Gasteiger partial charge is 0.250 e. The van der Waals surface area contributed by atoms with Gasteiger partial charge in [-0.1, -0.05) is 41.5 Å². The quantitative estimate of drug-likeness (QED) is 0.709. The SMILES string of the molecule is CCC(C)C(=O)N=C1SC2CS(=O)(=O)CC2N1c1ccc(Br)cc1F. The average molecular weight is 449 g/mol. The number of amides is 1. The average Bonchev–Trinajstić information content (AvgIpc) is 2.98. The predicted octanol–water partition coefficient (Wildman–Crippen LogP) is 3.24. The summed E-state index contributed by atoms with van der Waals surface area (Å²) >= 11 is 4.47. The van der Waals surface area contributed by atoms with Crippen LogP contribution >= 0.6 is 27.7 Å². The highest BCUT2D eigenvalue weighted by Gasteiger charge is 2.50. The molecule has 3 unspecified atom stereocenters. The normalized spacial score (nSPS) is 27.5. The largest absolute Gasteiger partial charge is 0.313 e. The highest BCUT2D eigenvalue weighted by atomic mass is 79.9. The van der Waals surface area contributed by atoms with Gasteiger partial charge in [-0.25, -0.2) is 12.8 Å². The van der Waals surface area contributed by atoms with Gasteiger partial charge in [-0.05, 0) is 24.6 Å². The lowest BCUT2D eigenvalue weighted by atomic mass is 10.1. The van der Waals surface area contributed by atoms with E-state index >= 15 is 0 Å². The van der Waals surface area contributed by atoms with Gasteiger partial charge < -0.3 is 4.90 Å². The summed E-state index contributed by atoms with van der Waals surface area (Å²) in [7, 11) is -3.17. The fourth-order valence-electron chi connectivity index (χ4n) is 2.90. The second-order valence-corrected chi connectivity index (χ2v) is 10.6. The van der Waals surface area contributed by atoms with Crippen LogP contribution in [0, 0.1) is 11.7 Å². The monoisotopic (exact) mass is 448 g/mol. The van der Waals surface area contributed by atoms with E-state index in [1.165, 1.54) is 17.8 Å². The van der Waals surface area contributed by atoms with Gasteiger partial charge in [-0.2, -0.15) is 4.99 Å². The molecule has 0 aromatic heterocycles. The highest BCUT2D eigenvalue weighted by molar-refractivity contribution is 9.10. The molecule has 1 amide bonds. The molecule has 3 rings (SSSR count). The van der Waals surface area contributed by atoms with Crippen molar-refractivity contribution >= 4 is 54.3 Å². The molecule has 9 heteroatoms. The maximum Gasteiger partial charge on any atom is 0.250 e. The van der Waals surface area contributed by atoms with Crippen molar-refractivity contribution in [1.82, 2.24) is 0 Å².